The van der Waals surface area contributed by atoms with Crippen molar-refractivity contribution in [3.05, 3.63) is 24.3 Å². The van der Waals surface area contributed by atoms with Crippen LogP contribution in [0.25, 0.3) is 0 Å². The molecule has 94 valence electrons. The van der Waals surface area contributed by atoms with Crippen LogP contribution in [-0.4, -0.2) is 18.8 Å². The van der Waals surface area contributed by atoms with Crippen LogP contribution in [0.4, 0.5) is 5.69 Å². The lowest BCUT2D eigenvalue weighted by molar-refractivity contribution is 0.663. The fourth-order valence-electron chi connectivity index (χ4n) is 1.27. The molecule has 0 aliphatic carbocycles. The van der Waals surface area contributed by atoms with Crippen molar-refractivity contribution in [3.8, 4) is 0 Å². The second-order valence-corrected chi connectivity index (χ2v) is 4.90. The van der Waals surface area contributed by atoms with Gasteiger partial charge in [-0.15, -0.1) is 11.8 Å². The number of nitrogens with one attached hydrogen (secondary N) is 2. The Bertz CT molecular complexity index is 377. The predicted molar refractivity (Wildman–Crippen MR) is 76.3 cm³/mol. The van der Waals surface area contributed by atoms with Crippen LogP contribution in [0.1, 0.15) is 13.8 Å². The number of thioether (sulfide) groups is 1. The standard InChI is InChI=1S/C12H20N4S/c1-9(2)8-14-12(16-13)15-10-6-4-5-7-11(10)17-3/h4-7,9H,8,13H2,1-3H3,(H2,14,15,16). The second kappa shape index (κ2) is 7.19. The number of benzene rings is 1. The summed E-state index contributed by atoms with van der Waals surface area (Å²) in [5, 5.41) is 3.20. The molecule has 0 radical (unpaired) electrons. The molecule has 0 fully saturated rings. The smallest absolute Gasteiger partial charge is 0.210 e. The molecule has 0 saturated heterocycles. The van der Waals surface area contributed by atoms with Gasteiger partial charge in [0.1, 0.15) is 0 Å². The van der Waals surface area contributed by atoms with Gasteiger partial charge in [-0.1, -0.05) is 26.0 Å². The summed E-state index contributed by atoms with van der Waals surface area (Å²) in [5.41, 5.74) is 3.60. The van der Waals surface area contributed by atoms with Gasteiger partial charge >= 0.3 is 0 Å². The summed E-state index contributed by atoms with van der Waals surface area (Å²) >= 11 is 1.69. The van der Waals surface area contributed by atoms with E-state index in [4.69, 9.17) is 5.84 Å². The topological polar surface area (TPSA) is 62.4 Å². The molecule has 5 heteroatoms. The fourth-order valence-corrected chi connectivity index (χ4v) is 1.82. The number of hydrogen-bond acceptors (Lipinski definition) is 3. The average molecular weight is 252 g/mol. The molecular weight excluding hydrogens is 232 g/mol. The van der Waals surface area contributed by atoms with E-state index in [0.717, 1.165) is 12.2 Å². The van der Waals surface area contributed by atoms with Crippen molar-refractivity contribution in [2.24, 2.45) is 16.8 Å². The highest BCUT2D eigenvalue weighted by Gasteiger charge is 2.03. The van der Waals surface area contributed by atoms with Gasteiger partial charge in [0.25, 0.3) is 0 Å². The summed E-state index contributed by atoms with van der Waals surface area (Å²) in [6.45, 7) is 4.98. The Morgan fingerprint density at radius 1 is 1.41 bits per heavy atom. The molecule has 0 aliphatic heterocycles. The van der Waals surface area contributed by atoms with Crippen molar-refractivity contribution >= 4 is 23.4 Å². The summed E-state index contributed by atoms with van der Waals surface area (Å²) in [4.78, 5) is 5.54. The van der Waals surface area contributed by atoms with Gasteiger partial charge in [-0.05, 0) is 24.3 Å². The quantitative estimate of drug-likeness (QED) is 0.253. The van der Waals surface area contributed by atoms with Crippen LogP contribution in [0.5, 0.6) is 0 Å². The van der Waals surface area contributed by atoms with Crippen molar-refractivity contribution < 1.29 is 0 Å². The molecule has 1 aromatic carbocycles. The van der Waals surface area contributed by atoms with Crippen molar-refractivity contribution in [1.29, 1.82) is 0 Å². The number of guanidine groups is 1. The molecule has 0 amide bonds. The van der Waals surface area contributed by atoms with Gasteiger partial charge < -0.3 is 5.32 Å². The van der Waals surface area contributed by atoms with E-state index >= 15 is 0 Å². The first-order valence-electron chi connectivity index (χ1n) is 5.58. The van der Waals surface area contributed by atoms with E-state index in [0.29, 0.717) is 11.9 Å². The molecule has 0 spiro atoms. The van der Waals surface area contributed by atoms with Crippen molar-refractivity contribution in [1.82, 2.24) is 5.43 Å². The number of hydrogen-bond donors (Lipinski definition) is 3. The van der Waals surface area contributed by atoms with E-state index in [2.05, 4.69) is 35.6 Å². The normalized spacial score (nSPS) is 11.7. The summed E-state index contributed by atoms with van der Waals surface area (Å²) in [6, 6.07) is 8.06. The molecule has 4 nitrogen and oxygen atoms in total. The Kier molecular flexibility index (Phi) is 5.86. The number of anilines is 1. The van der Waals surface area contributed by atoms with E-state index < -0.39 is 0 Å². The first-order valence-corrected chi connectivity index (χ1v) is 6.81. The van der Waals surface area contributed by atoms with Gasteiger partial charge in [0.2, 0.25) is 5.96 Å². The highest BCUT2D eigenvalue weighted by molar-refractivity contribution is 7.98. The summed E-state index contributed by atoms with van der Waals surface area (Å²) in [7, 11) is 0. The van der Waals surface area contributed by atoms with E-state index in [9.17, 15) is 0 Å². The largest absolute Gasteiger partial charge is 0.324 e. The molecule has 0 aliphatic rings. The molecule has 0 unspecified atom stereocenters. The first-order chi connectivity index (χ1) is 8.17. The molecule has 0 saturated carbocycles. The molecule has 17 heavy (non-hydrogen) atoms. The van der Waals surface area contributed by atoms with Crippen LogP contribution in [0.3, 0.4) is 0 Å². The monoisotopic (exact) mass is 252 g/mol. The summed E-state index contributed by atoms with van der Waals surface area (Å²) in [5.74, 6) is 6.56. The van der Waals surface area contributed by atoms with Crippen molar-refractivity contribution in [2.75, 3.05) is 18.1 Å². The predicted octanol–water partition coefficient (Wildman–Crippen LogP) is 2.30. The number of nitrogens with zero attached hydrogens (tertiary/aromatic N) is 1. The Morgan fingerprint density at radius 2 is 2.12 bits per heavy atom. The molecule has 0 atom stereocenters. The summed E-state index contributed by atoms with van der Waals surface area (Å²) < 4.78 is 0. The van der Waals surface area contributed by atoms with E-state index in [-0.39, 0.29) is 0 Å². The van der Waals surface area contributed by atoms with Gasteiger partial charge in [0, 0.05) is 11.4 Å². The third-order valence-electron chi connectivity index (χ3n) is 2.11. The van der Waals surface area contributed by atoms with Crippen LogP contribution in [0.2, 0.25) is 0 Å². The van der Waals surface area contributed by atoms with E-state index in [1.54, 1.807) is 11.8 Å². The summed E-state index contributed by atoms with van der Waals surface area (Å²) in [6.07, 6.45) is 2.04. The third-order valence-corrected chi connectivity index (χ3v) is 2.91. The van der Waals surface area contributed by atoms with Crippen LogP contribution in [0, 0.1) is 5.92 Å². The van der Waals surface area contributed by atoms with Gasteiger partial charge in [0.15, 0.2) is 0 Å². The number of rotatable bonds is 4. The molecular formula is C12H20N4S. The van der Waals surface area contributed by atoms with E-state index in [1.165, 1.54) is 4.90 Å². The highest BCUT2D eigenvalue weighted by Crippen LogP contribution is 2.24. The maximum absolute atomic E-state index is 5.45. The Morgan fingerprint density at radius 3 is 2.71 bits per heavy atom. The Balaban J connectivity index is 2.76. The number of nitrogens with two attached hydrogens (primary N) is 1. The lowest BCUT2D eigenvalue weighted by Gasteiger charge is -2.12. The molecule has 0 bridgehead atoms. The van der Waals surface area contributed by atoms with E-state index in [1.807, 2.05) is 24.5 Å². The SMILES string of the molecule is CSc1ccccc1NC(=NCC(C)C)NN. The lowest BCUT2D eigenvalue weighted by Crippen LogP contribution is -2.36. The molecule has 1 aromatic rings. The zero-order chi connectivity index (χ0) is 12.7. The van der Waals surface area contributed by atoms with Gasteiger partial charge in [-0.3, -0.25) is 10.4 Å². The maximum atomic E-state index is 5.45. The van der Waals surface area contributed by atoms with Gasteiger partial charge in [-0.25, -0.2) is 5.84 Å². The minimum absolute atomic E-state index is 0.510. The average Bonchev–Trinajstić information content (AvgIpc) is 2.34. The van der Waals surface area contributed by atoms with Gasteiger partial charge in [0.05, 0.1) is 5.69 Å². The highest BCUT2D eigenvalue weighted by atomic mass is 32.2. The van der Waals surface area contributed by atoms with Crippen LogP contribution < -0.4 is 16.6 Å². The first kappa shape index (κ1) is 13.9. The second-order valence-electron chi connectivity index (χ2n) is 4.05. The number of para-hydroxylation sites is 1. The lowest BCUT2D eigenvalue weighted by atomic mass is 10.2. The number of aliphatic imine (C=N–C) groups is 1. The zero-order valence-electron chi connectivity index (χ0n) is 10.5. The maximum Gasteiger partial charge on any atom is 0.210 e. The molecule has 4 N–H and O–H groups in total. The van der Waals surface area contributed by atoms with Crippen molar-refractivity contribution in [2.45, 2.75) is 18.7 Å². The minimum Gasteiger partial charge on any atom is -0.324 e. The van der Waals surface area contributed by atoms with Crippen molar-refractivity contribution in [3.63, 3.8) is 0 Å². The molecule has 0 heterocycles. The third kappa shape index (κ3) is 4.66. The number of hydrazine groups is 1. The fraction of sp³-hybridized carbons (Fsp3) is 0.417. The Hall–Kier alpha value is -1.20. The van der Waals surface area contributed by atoms with Crippen LogP contribution >= 0.6 is 11.8 Å². The Labute approximate surface area is 107 Å². The zero-order valence-corrected chi connectivity index (χ0v) is 11.3. The molecule has 1 rings (SSSR count). The van der Waals surface area contributed by atoms with Crippen LogP contribution in [0.15, 0.2) is 34.2 Å². The van der Waals surface area contributed by atoms with Crippen LogP contribution in [-0.2, 0) is 0 Å². The molecule has 0 aromatic heterocycles. The van der Waals surface area contributed by atoms with Gasteiger partial charge in [-0.2, -0.15) is 0 Å². The minimum atomic E-state index is 0.510.